The molecule has 0 saturated heterocycles. The first-order valence-corrected chi connectivity index (χ1v) is 12.3. The van der Waals surface area contributed by atoms with Gasteiger partial charge >= 0.3 is 5.97 Å². The largest absolute Gasteiger partial charge is 0.493 e. The fourth-order valence-corrected chi connectivity index (χ4v) is 4.93. The van der Waals surface area contributed by atoms with Crippen molar-refractivity contribution in [1.82, 2.24) is 9.55 Å². The first-order valence-electron chi connectivity index (χ1n) is 12.3. The Morgan fingerprint density at radius 2 is 2.00 bits per heavy atom. The minimum Gasteiger partial charge on any atom is -0.493 e. The van der Waals surface area contributed by atoms with Crippen molar-refractivity contribution in [2.45, 2.75) is 65.7 Å². The first-order chi connectivity index (χ1) is 17.1. The van der Waals surface area contributed by atoms with E-state index in [9.17, 15) is 9.90 Å². The number of rotatable bonds is 6. The number of carboxylic acids is 1. The maximum atomic E-state index is 12.5. The minimum atomic E-state index is -1.17. The van der Waals surface area contributed by atoms with E-state index in [0.717, 1.165) is 57.8 Å². The molecule has 1 N–H and O–H groups in total. The van der Waals surface area contributed by atoms with Crippen LogP contribution >= 0.6 is 0 Å². The van der Waals surface area contributed by atoms with Gasteiger partial charge in [-0.2, -0.15) is 0 Å². The van der Waals surface area contributed by atoms with E-state index in [1.165, 1.54) is 0 Å². The molecule has 0 amide bonds. The van der Waals surface area contributed by atoms with Crippen LogP contribution in [0.3, 0.4) is 0 Å². The minimum absolute atomic E-state index is 0.529. The van der Waals surface area contributed by atoms with Crippen LogP contribution in [0.15, 0.2) is 47.0 Å². The third kappa shape index (κ3) is 4.63. The highest BCUT2D eigenvalue weighted by Gasteiger charge is 2.33. The maximum absolute atomic E-state index is 12.5. The summed E-state index contributed by atoms with van der Waals surface area (Å²) in [4.78, 5) is 17.4. The van der Waals surface area contributed by atoms with Gasteiger partial charge in [-0.25, -0.2) is 9.78 Å². The van der Waals surface area contributed by atoms with E-state index < -0.39 is 17.7 Å². The van der Waals surface area contributed by atoms with Crippen molar-refractivity contribution in [2.75, 3.05) is 6.61 Å². The lowest BCUT2D eigenvalue weighted by molar-refractivity contribution is -0.160. The second kappa shape index (κ2) is 9.13. The number of fused-ring (bicyclic) bond motifs is 2. The van der Waals surface area contributed by atoms with Gasteiger partial charge in [0.2, 0.25) is 0 Å². The zero-order valence-corrected chi connectivity index (χ0v) is 21.4. The maximum Gasteiger partial charge on any atom is 0.337 e. The van der Waals surface area contributed by atoms with Gasteiger partial charge in [0.1, 0.15) is 22.9 Å². The van der Waals surface area contributed by atoms with Gasteiger partial charge in [0.15, 0.2) is 6.10 Å². The molecule has 4 heterocycles. The van der Waals surface area contributed by atoms with Crippen molar-refractivity contribution in [3.05, 3.63) is 70.9 Å². The van der Waals surface area contributed by atoms with E-state index in [2.05, 4.69) is 6.07 Å². The van der Waals surface area contributed by atoms with E-state index >= 15 is 0 Å². The van der Waals surface area contributed by atoms with Crippen LogP contribution in [-0.4, -0.2) is 32.8 Å². The Balaban J connectivity index is 1.74. The number of pyridine rings is 1. The average molecular weight is 489 g/mol. The van der Waals surface area contributed by atoms with Crippen molar-refractivity contribution < 1.29 is 23.8 Å². The van der Waals surface area contributed by atoms with Gasteiger partial charge in [-0.15, -0.1) is 0 Å². The smallest absolute Gasteiger partial charge is 0.337 e. The van der Waals surface area contributed by atoms with Gasteiger partial charge < -0.3 is 23.6 Å². The molecule has 36 heavy (non-hydrogen) atoms. The molecule has 5 rings (SSSR count). The molecule has 4 aromatic rings. The summed E-state index contributed by atoms with van der Waals surface area (Å²) in [5.74, 6) is 1.54. The molecular weight excluding hydrogens is 456 g/mol. The highest BCUT2D eigenvalue weighted by molar-refractivity contribution is 5.98. The van der Waals surface area contributed by atoms with E-state index in [-0.39, 0.29) is 0 Å². The molecule has 0 radical (unpaired) electrons. The Morgan fingerprint density at radius 1 is 1.19 bits per heavy atom. The number of aliphatic carboxylic acids is 1. The third-order valence-electron chi connectivity index (χ3n) is 6.41. The molecule has 0 saturated carbocycles. The molecule has 188 valence electrons. The molecule has 0 bridgehead atoms. The third-order valence-corrected chi connectivity index (χ3v) is 6.41. The molecule has 7 nitrogen and oxygen atoms in total. The molecule has 0 aliphatic carbocycles. The Morgan fingerprint density at radius 3 is 2.69 bits per heavy atom. The summed E-state index contributed by atoms with van der Waals surface area (Å²) in [7, 11) is 0. The van der Waals surface area contributed by atoms with Crippen molar-refractivity contribution in [3.63, 3.8) is 0 Å². The number of furan rings is 1. The van der Waals surface area contributed by atoms with Crippen LogP contribution in [-0.2, 0) is 22.5 Å². The van der Waals surface area contributed by atoms with Crippen LogP contribution in [0.25, 0.3) is 22.2 Å². The van der Waals surface area contributed by atoms with Crippen molar-refractivity contribution in [2.24, 2.45) is 0 Å². The van der Waals surface area contributed by atoms with E-state index in [0.29, 0.717) is 24.4 Å². The summed E-state index contributed by atoms with van der Waals surface area (Å²) < 4.78 is 19.8. The normalized spacial score (nSPS) is 14.5. The van der Waals surface area contributed by atoms with Crippen LogP contribution in [0.4, 0.5) is 0 Å². The van der Waals surface area contributed by atoms with Crippen molar-refractivity contribution >= 4 is 17.0 Å². The summed E-state index contributed by atoms with van der Waals surface area (Å²) in [5.41, 5.74) is 4.20. The fraction of sp³-hybridized carbons (Fsp3) is 0.379. The highest BCUT2D eigenvalue weighted by atomic mass is 16.5. The molecule has 1 unspecified atom stereocenters. The predicted molar refractivity (Wildman–Crippen MR) is 137 cm³/mol. The number of carboxylic acid groups (broad SMARTS) is 1. The standard InChI is InChI=1S/C29H32N2O5/c1-17-8-10-21(35-17)16-31-13-12-22-25(20-9-11-23-19(15-20)7-6-14-34-23)24(18(2)30-27(22)31)26(28(32)33)36-29(3,4)5/h8-13,15,26H,6-7,14,16H2,1-5H3,(H,32,33). The topological polar surface area (TPSA) is 86.7 Å². The molecule has 1 aromatic carbocycles. The first kappa shape index (κ1) is 24.1. The van der Waals surface area contributed by atoms with Gasteiger partial charge in [-0.1, -0.05) is 6.07 Å². The molecular formula is C29H32N2O5. The second-order valence-electron chi connectivity index (χ2n) is 10.4. The van der Waals surface area contributed by atoms with Crippen molar-refractivity contribution in [3.8, 4) is 16.9 Å². The Bertz CT molecular complexity index is 1440. The summed E-state index contributed by atoms with van der Waals surface area (Å²) in [6.45, 7) is 10.6. The van der Waals surface area contributed by atoms with Crippen LogP contribution < -0.4 is 4.74 Å². The number of aryl methyl sites for hydroxylation is 3. The number of carbonyl (C=O) groups is 1. The summed E-state index contributed by atoms with van der Waals surface area (Å²) in [6.07, 6.45) is 2.69. The van der Waals surface area contributed by atoms with Gasteiger partial charge in [0.05, 0.1) is 18.8 Å². The highest BCUT2D eigenvalue weighted by Crippen LogP contribution is 2.41. The van der Waals surface area contributed by atoms with E-state index in [1.54, 1.807) is 0 Å². The zero-order valence-electron chi connectivity index (χ0n) is 21.4. The van der Waals surface area contributed by atoms with Crippen LogP contribution in [0.1, 0.15) is 61.6 Å². The van der Waals surface area contributed by atoms with Crippen LogP contribution in [0.2, 0.25) is 0 Å². The van der Waals surface area contributed by atoms with Crippen molar-refractivity contribution in [1.29, 1.82) is 0 Å². The number of ether oxygens (including phenoxy) is 2. The number of nitrogens with zero attached hydrogens (tertiary/aromatic N) is 2. The molecule has 0 fully saturated rings. The summed E-state index contributed by atoms with van der Waals surface area (Å²) in [6, 6.07) is 12.0. The SMILES string of the molecule is Cc1ccc(Cn2ccc3c(-c4ccc5c(c4)CCCO5)c(C(OC(C)(C)C)C(=O)O)c(C)nc32)o1. The Labute approximate surface area is 210 Å². The van der Waals surface area contributed by atoms with E-state index in [1.807, 2.05) is 75.7 Å². The lowest BCUT2D eigenvalue weighted by atomic mass is 9.90. The number of hydrogen-bond donors (Lipinski definition) is 1. The van der Waals surface area contributed by atoms with Crippen LogP contribution in [0, 0.1) is 13.8 Å². The molecule has 1 aliphatic rings. The average Bonchev–Trinajstić information content (AvgIpc) is 3.41. The lowest BCUT2D eigenvalue weighted by Gasteiger charge is -2.28. The van der Waals surface area contributed by atoms with Gasteiger partial charge in [-0.05, 0) is 88.9 Å². The Kier molecular flexibility index (Phi) is 6.12. The number of aromatic nitrogens is 2. The molecule has 7 heteroatoms. The fourth-order valence-electron chi connectivity index (χ4n) is 4.93. The zero-order chi connectivity index (χ0) is 25.6. The summed E-state index contributed by atoms with van der Waals surface area (Å²) >= 11 is 0. The van der Waals surface area contributed by atoms with E-state index in [4.69, 9.17) is 18.9 Å². The number of benzene rings is 1. The predicted octanol–water partition coefficient (Wildman–Crippen LogP) is 6.23. The van der Waals surface area contributed by atoms with Gasteiger partial charge in [0, 0.05) is 28.4 Å². The number of hydrogen-bond acceptors (Lipinski definition) is 5. The van der Waals surface area contributed by atoms with Crippen LogP contribution in [0.5, 0.6) is 5.75 Å². The summed E-state index contributed by atoms with van der Waals surface area (Å²) in [5, 5.41) is 11.1. The molecule has 1 atom stereocenters. The molecule has 3 aromatic heterocycles. The second-order valence-corrected chi connectivity index (χ2v) is 10.4. The monoisotopic (exact) mass is 488 g/mol. The molecule has 1 aliphatic heterocycles. The lowest BCUT2D eigenvalue weighted by Crippen LogP contribution is -2.28. The van der Waals surface area contributed by atoms with Gasteiger partial charge in [0.25, 0.3) is 0 Å². The Hall–Kier alpha value is -3.58. The quantitative estimate of drug-likeness (QED) is 0.346. The van der Waals surface area contributed by atoms with Gasteiger partial charge in [-0.3, -0.25) is 0 Å². The molecule has 0 spiro atoms.